The zero-order chi connectivity index (χ0) is 13.7. The Morgan fingerprint density at radius 3 is 2.89 bits per heavy atom. The molecule has 96 valence electrons. The van der Waals surface area contributed by atoms with Gasteiger partial charge in [0.25, 0.3) is 0 Å². The Morgan fingerprint density at radius 1 is 1.32 bits per heavy atom. The first kappa shape index (κ1) is 13.7. The molecule has 0 amide bonds. The van der Waals surface area contributed by atoms with Crippen molar-refractivity contribution in [1.29, 1.82) is 0 Å². The van der Waals surface area contributed by atoms with E-state index in [9.17, 15) is 4.79 Å². The summed E-state index contributed by atoms with van der Waals surface area (Å²) in [5.74, 6) is -0.959. The molecular formula is C14H10BrNO2S. The Bertz CT molecular complexity index is 646. The smallest absolute Gasteiger partial charge is 0.328 e. The maximum Gasteiger partial charge on any atom is 0.328 e. The van der Waals surface area contributed by atoms with Crippen LogP contribution >= 0.6 is 27.3 Å². The molecule has 0 unspecified atom stereocenters. The van der Waals surface area contributed by atoms with Crippen molar-refractivity contribution in [2.75, 3.05) is 0 Å². The highest BCUT2D eigenvalue weighted by Crippen LogP contribution is 2.18. The second-order valence-corrected chi connectivity index (χ2v) is 5.67. The van der Waals surface area contributed by atoms with Gasteiger partial charge in [-0.3, -0.25) is 0 Å². The van der Waals surface area contributed by atoms with E-state index in [-0.39, 0.29) is 0 Å². The van der Waals surface area contributed by atoms with Crippen molar-refractivity contribution in [3.8, 4) is 0 Å². The van der Waals surface area contributed by atoms with Gasteiger partial charge in [0.2, 0.25) is 0 Å². The molecule has 1 aromatic carbocycles. The molecule has 0 fully saturated rings. The average Bonchev–Trinajstić information content (AvgIpc) is 2.82. The fraction of sp³-hybridized carbons (Fsp3) is 0. The maximum atomic E-state index is 10.4. The van der Waals surface area contributed by atoms with Crippen LogP contribution in [0.4, 0.5) is 0 Å². The average molecular weight is 336 g/mol. The number of benzene rings is 1. The van der Waals surface area contributed by atoms with E-state index in [4.69, 9.17) is 5.11 Å². The number of carboxylic acids is 1. The lowest BCUT2D eigenvalue weighted by molar-refractivity contribution is -0.131. The number of halogens is 1. The summed E-state index contributed by atoms with van der Waals surface area (Å²) in [5.41, 5.74) is 1.08. The Balaban J connectivity index is 2.09. The van der Waals surface area contributed by atoms with Gasteiger partial charge in [0.05, 0.1) is 0 Å². The zero-order valence-corrected chi connectivity index (χ0v) is 12.2. The molecule has 0 saturated carbocycles. The molecule has 3 nitrogen and oxygen atoms in total. The van der Waals surface area contributed by atoms with Crippen LogP contribution in [0.15, 0.2) is 41.0 Å². The first-order valence-corrected chi connectivity index (χ1v) is 7.05. The van der Waals surface area contributed by atoms with Crippen molar-refractivity contribution in [3.63, 3.8) is 0 Å². The van der Waals surface area contributed by atoms with Crippen LogP contribution in [-0.2, 0) is 4.79 Å². The van der Waals surface area contributed by atoms with E-state index in [1.165, 1.54) is 17.4 Å². The van der Waals surface area contributed by atoms with Crippen molar-refractivity contribution in [3.05, 3.63) is 56.5 Å². The van der Waals surface area contributed by atoms with Gasteiger partial charge < -0.3 is 5.11 Å². The molecule has 0 aliphatic rings. The number of thiazole rings is 1. The number of nitrogens with zero attached hydrogens (tertiary/aromatic N) is 1. The highest BCUT2D eigenvalue weighted by atomic mass is 79.9. The second-order valence-electron chi connectivity index (χ2n) is 3.66. The minimum absolute atomic E-state index is 0.816. The Hall–Kier alpha value is -1.72. The van der Waals surface area contributed by atoms with Gasteiger partial charge in [-0.2, -0.15) is 0 Å². The van der Waals surface area contributed by atoms with E-state index in [1.807, 2.05) is 36.4 Å². The van der Waals surface area contributed by atoms with Crippen LogP contribution in [0.1, 0.15) is 15.4 Å². The van der Waals surface area contributed by atoms with E-state index < -0.39 is 5.97 Å². The van der Waals surface area contributed by atoms with Crippen molar-refractivity contribution in [2.45, 2.75) is 0 Å². The number of aromatic nitrogens is 1. The highest BCUT2D eigenvalue weighted by molar-refractivity contribution is 9.10. The molecule has 0 spiro atoms. The van der Waals surface area contributed by atoms with Gasteiger partial charge in [-0.25, -0.2) is 9.78 Å². The van der Waals surface area contributed by atoms with Crippen molar-refractivity contribution >= 4 is 51.5 Å². The first-order chi connectivity index (χ1) is 9.13. The molecule has 5 heteroatoms. The van der Waals surface area contributed by atoms with Gasteiger partial charge >= 0.3 is 5.97 Å². The quantitative estimate of drug-likeness (QED) is 0.853. The van der Waals surface area contributed by atoms with Crippen molar-refractivity contribution < 1.29 is 9.90 Å². The van der Waals surface area contributed by atoms with Gasteiger partial charge in [-0.05, 0) is 29.8 Å². The lowest BCUT2D eigenvalue weighted by Gasteiger charge is -1.93. The van der Waals surface area contributed by atoms with Gasteiger partial charge in [0.15, 0.2) is 0 Å². The first-order valence-electron chi connectivity index (χ1n) is 5.44. The third kappa shape index (κ3) is 4.46. The molecule has 0 radical (unpaired) electrons. The third-order valence-electron chi connectivity index (χ3n) is 2.20. The molecule has 2 aromatic rings. The summed E-state index contributed by atoms with van der Waals surface area (Å²) in [5, 5.41) is 9.38. The van der Waals surface area contributed by atoms with Crippen LogP contribution in [-0.4, -0.2) is 16.1 Å². The molecule has 1 aromatic heterocycles. The Morgan fingerprint density at radius 2 is 2.16 bits per heavy atom. The monoisotopic (exact) mass is 335 g/mol. The van der Waals surface area contributed by atoms with Crippen LogP contribution in [0, 0.1) is 0 Å². The fourth-order valence-electron chi connectivity index (χ4n) is 1.39. The van der Waals surface area contributed by atoms with Gasteiger partial charge in [-0.1, -0.05) is 34.1 Å². The molecule has 19 heavy (non-hydrogen) atoms. The number of hydrogen-bond acceptors (Lipinski definition) is 3. The standard InChI is InChI=1S/C14H10BrNO2S/c15-11-3-1-2-10(8-11)4-6-13-16-9-12(19-13)5-7-14(17)18/h1-9H,(H,17,18). The van der Waals surface area contributed by atoms with E-state index in [0.717, 1.165) is 26.0 Å². The summed E-state index contributed by atoms with van der Waals surface area (Å²) < 4.78 is 1.03. The van der Waals surface area contributed by atoms with E-state index in [0.29, 0.717) is 0 Å². The Labute approximate surface area is 123 Å². The lowest BCUT2D eigenvalue weighted by Crippen LogP contribution is -1.84. The molecule has 0 aliphatic heterocycles. The van der Waals surface area contributed by atoms with Crippen LogP contribution < -0.4 is 0 Å². The summed E-state index contributed by atoms with van der Waals surface area (Å²) in [7, 11) is 0. The zero-order valence-electron chi connectivity index (χ0n) is 9.79. The predicted molar refractivity (Wildman–Crippen MR) is 81.9 cm³/mol. The minimum atomic E-state index is -0.959. The van der Waals surface area contributed by atoms with Gasteiger partial charge in [0.1, 0.15) is 5.01 Å². The SMILES string of the molecule is O=C(O)C=Cc1cnc(C=Cc2cccc(Br)c2)s1. The molecular weight excluding hydrogens is 326 g/mol. The number of rotatable bonds is 4. The topological polar surface area (TPSA) is 50.2 Å². The van der Waals surface area contributed by atoms with Crippen LogP contribution in [0.3, 0.4) is 0 Å². The third-order valence-corrected chi connectivity index (χ3v) is 3.62. The van der Waals surface area contributed by atoms with Crippen molar-refractivity contribution in [2.24, 2.45) is 0 Å². The van der Waals surface area contributed by atoms with E-state index in [1.54, 1.807) is 6.20 Å². The lowest BCUT2D eigenvalue weighted by atomic mass is 10.2. The molecule has 0 atom stereocenters. The second kappa shape index (κ2) is 6.45. The number of aliphatic carboxylic acids is 1. The molecule has 1 heterocycles. The maximum absolute atomic E-state index is 10.4. The van der Waals surface area contributed by atoms with E-state index >= 15 is 0 Å². The summed E-state index contributed by atoms with van der Waals surface area (Å²) in [6.07, 6.45) is 8.18. The summed E-state index contributed by atoms with van der Waals surface area (Å²) in [4.78, 5) is 15.4. The van der Waals surface area contributed by atoms with Crippen LogP contribution in [0.2, 0.25) is 0 Å². The minimum Gasteiger partial charge on any atom is -0.478 e. The number of hydrogen-bond donors (Lipinski definition) is 1. The number of carbonyl (C=O) groups is 1. The molecule has 2 rings (SSSR count). The summed E-state index contributed by atoms with van der Waals surface area (Å²) >= 11 is 4.85. The van der Waals surface area contributed by atoms with Crippen molar-refractivity contribution in [1.82, 2.24) is 4.98 Å². The normalized spacial score (nSPS) is 11.4. The summed E-state index contributed by atoms with van der Waals surface area (Å²) in [6, 6.07) is 7.94. The highest BCUT2D eigenvalue weighted by Gasteiger charge is 1.97. The van der Waals surface area contributed by atoms with Crippen LogP contribution in [0.5, 0.6) is 0 Å². The molecule has 0 bridgehead atoms. The number of carboxylic acid groups (broad SMARTS) is 1. The summed E-state index contributed by atoms with van der Waals surface area (Å²) in [6.45, 7) is 0. The molecule has 0 saturated heterocycles. The van der Waals surface area contributed by atoms with E-state index in [2.05, 4.69) is 20.9 Å². The van der Waals surface area contributed by atoms with Crippen LogP contribution in [0.25, 0.3) is 18.2 Å². The Kier molecular flexibility index (Phi) is 4.65. The van der Waals surface area contributed by atoms with Gasteiger partial charge in [0, 0.05) is 21.6 Å². The fourth-order valence-corrected chi connectivity index (χ4v) is 2.53. The van der Waals surface area contributed by atoms with Gasteiger partial charge in [-0.15, -0.1) is 11.3 Å². The predicted octanol–water partition coefficient (Wildman–Crippen LogP) is 4.17. The largest absolute Gasteiger partial charge is 0.478 e. The molecule has 0 aliphatic carbocycles. The molecule has 1 N–H and O–H groups in total.